The zero-order valence-electron chi connectivity index (χ0n) is 9.05. The predicted molar refractivity (Wildman–Crippen MR) is 70.9 cm³/mol. The molecule has 1 aromatic rings. The van der Waals surface area contributed by atoms with Crippen LogP contribution in [0.4, 0.5) is 5.69 Å². The molecule has 0 aliphatic carbocycles. The standard InChI is InChI=1S/C11H8BrNO4S/c12-7-1-6(11(16)17)2-8(3-7)13-9(14)4-18-5-10(13)15/h1-3H,4-5H2,(H,16,17). The summed E-state index contributed by atoms with van der Waals surface area (Å²) in [7, 11) is 0. The highest BCUT2D eigenvalue weighted by Gasteiger charge is 2.28. The number of benzene rings is 1. The van der Waals surface area contributed by atoms with Crippen LogP contribution < -0.4 is 4.90 Å². The maximum absolute atomic E-state index is 11.7. The van der Waals surface area contributed by atoms with E-state index in [1.807, 2.05) is 0 Å². The van der Waals surface area contributed by atoms with E-state index in [1.165, 1.54) is 23.9 Å². The predicted octanol–water partition coefficient (Wildman–Crippen LogP) is 1.75. The van der Waals surface area contributed by atoms with Crippen LogP contribution in [0.5, 0.6) is 0 Å². The fraction of sp³-hybridized carbons (Fsp3) is 0.182. The molecule has 1 aliphatic heterocycles. The largest absolute Gasteiger partial charge is 0.478 e. The van der Waals surface area contributed by atoms with Gasteiger partial charge in [-0.3, -0.25) is 9.59 Å². The molecule has 18 heavy (non-hydrogen) atoms. The number of hydrogen-bond acceptors (Lipinski definition) is 4. The van der Waals surface area contributed by atoms with E-state index in [4.69, 9.17) is 5.11 Å². The van der Waals surface area contributed by atoms with Crippen LogP contribution in [-0.2, 0) is 9.59 Å². The van der Waals surface area contributed by atoms with Gasteiger partial charge in [0.1, 0.15) is 0 Å². The molecular weight excluding hydrogens is 322 g/mol. The van der Waals surface area contributed by atoms with Gasteiger partial charge < -0.3 is 5.11 Å². The van der Waals surface area contributed by atoms with Crippen molar-refractivity contribution >= 4 is 51.2 Å². The van der Waals surface area contributed by atoms with Crippen molar-refractivity contribution in [1.82, 2.24) is 0 Å². The molecule has 0 atom stereocenters. The molecule has 0 radical (unpaired) electrons. The van der Waals surface area contributed by atoms with Crippen LogP contribution in [-0.4, -0.2) is 34.4 Å². The third kappa shape index (κ3) is 2.56. The van der Waals surface area contributed by atoms with Gasteiger partial charge in [0.25, 0.3) is 0 Å². The normalized spacial score (nSPS) is 15.9. The Kier molecular flexibility index (Phi) is 3.72. The van der Waals surface area contributed by atoms with Crippen molar-refractivity contribution in [2.45, 2.75) is 0 Å². The Labute approximate surface area is 115 Å². The van der Waals surface area contributed by atoms with E-state index in [0.717, 1.165) is 4.90 Å². The van der Waals surface area contributed by atoms with Crippen LogP contribution in [0.15, 0.2) is 22.7 Å². The topological polar surface area (TPSA) is 74.7 Å². The monoisotopic (exact) mass is 329 g/mol. The van der Waals surface area contributed by atoms with Crippen LogP contribution in [0.25, 0.3) is 0 Å². The van der Waals surface area contributed by atoms with Gasteiger partial charge >= 0.3 is 5.97 Å². The number of thioether (sulfide) groups is 1. The van der Waals surface area contributed by atoms with Crippen molar-refractivity contribution < 1.29 is 19.5 Å². The summed E-state index contributed by atoms with van der Waals surface area (Å²) in [6, 6.07) is 4.29. The number of halogens is 1. The lowest BCUT2D eigenvalue weighted by atomic mass is 10.2. The summed E-state index contributed by atoms with van der Waals surface area (Å²) in [4.78, 5) is 35.4. The molecule has 2 amide bonds. The first-order valence-electron chi connectivity index (χ1n) is 4.96. The zero-order valence-corrected chi connectivity index (χ0v) is 11.5. The molecule has 0 saturated carbocycles. The van der Waals surface area contributed by atoms with Crippen molar-refractivity contribution in [3.63, 3.8) is 0 Å². The second kappa shape index (κ2) is 5.11. The van der Waals surface area contributed by atoms with E-state index in [2.05, 4.69) is 15.9 Å². The molecule has 7 heteroatoms. The van der Waals surface area contributed by atoms with Gasteiger partial charge in [-0.2, -0.15) is 0 Å². The third-order valence-corrected chi connectivity index (χ3v) is 3.70. The molecule has 1 aromatic carbocycles. The molecule has 1 N–H and O–H groups in total. The Morgan fingerprint density at radius 3 is 2.39 bits per heavy atom. The molecule has 5 nitrogen and oxygen atoms in total. The van der Waals surface area contributed by atoms with Gasteiger partial charge in [0.05, 0.1) is 22.8 Å². The minimum atomic E-state index is -1.11. The lowest BCUT2D eigenvalue weighted by molar-refractivity contribution is -0.124. The Morgan fingerprint density at radius 2 is 1.83 bits per heavy atom. The number of anilines is 1. The first-order valence-corrected chi connectivity index (χ1v) is 6.91. The molecule has 0 aromatic heterocycles. The quantitative estimate of drug-likeness (QED) is 0.837. The fourth-order valence-corrected chi connectivity index (χ4v) is 2.80. The van der Waals surface area contributed by atoms with Crippen LogP contribution >= 0.6 is 27.7 Å². The van der Waals surface area contributed by atoms with Gasteiger partial charge in [-0.25, -0.2) is 9.69 Å². The van der Waals surface area contributed by atoms with Gasteiger partial charge in [-0.15, -0.1) is 11.8 Å². The highest BCUT2D eigenvalue weighted by Crippen LogP contribution is 2.26. The average molecular weight is 330 g/mol. The number of hydrogen-bond donors (Lipinski definition) is 1. The summed E-state index contributed by atoms with van der Waals surface area (Å²) in [5.74, 6) is -1.32. The number of carbonyl (C=O) groups is 3. The van der Waals surface area contributed by atoms with Crippen molar-refractivity contribution in [2.24, 2.45) is 0 Å². The van der Waals surface area contributed by atoms with E-state index < -0.39 is 5.97 Å². The van der Waals surface area contributed by atoms with Gasteiger partial charge in [-0.05, 0) is 18.2 Å². The second-order valence-corrected chi connectivity index (χ2v) is 5.52. The summed E-state index contributed by atoms with van der Waals surface area (Å²) in [6.45, 7) is 0. The molecule has 1 fully saturated rings. The number of imide groups is 1. The second-order valence-electron chi connectivity index (χ2n) is 3.62. The minimum absolute atomic E-state index is 0.0261. The Morgan fingerprint density at radius 1 is 1.22 bits per heavy atom. The number of amides is 2. The van der Waals surface area contributed by atoms with Gasteiger partial charge in [0, 0.05) is 4.47 Å². The van der Waals surface area contributed by atoms with Crippen LogP contribution in [0, 0.1) is 0 Å². The van der Waals surface area contributed by atoms with E-state index in [0.29, 0.717) is 4.47 Å². The molecule has 1 saturated heterocycles. The summed E-state index contributed by atoms with van der Waals surface area (Å²) < 4.78 is 0.510. The zero-order chi connectivity index (χ0) is 13.3. The van der Waals surface area contributed by atoms with E-state index in [9.17, 15) is 14.4 Å². The molecule has 1 aliphatic rings. The Bertz CT molecular complexity index is 530. The van der Waals surface area contributed by atoms with Gasteiger partial charge in [0.2, 0.25) is 11.8 Å². The molecule has 1 heterocycles. The maximum atomic E-state index is 11.7. The average Bonchev–Trinajstić information content (AvgIpc) is 2.28. The van der Waals surface area contributed by atoms with Crippen LogP contribution in [0.3, 0.4) is 0 Å². The fourth-order valence-electron chi connectivity index (χ4n) is 1.61. The number of carboxylic acids is 1. The van der Waals surface area contributed by atoms with Crippen molar-refractivity contribution in [3.05, 3.63) is 28.2 Å². The first-order chi connectivity index (χ1) is 8.49. The molecule has 0 unspecified atom stereocenters. The first kappa shape index (κ1) is 13.1. The Hall–Kier alpha value is -1.34. The summed E-state index contributed by atoms with van der Waals surface area (Å²) in [6.07, 6.45) is 0. The number of nitrogens with zero attached hydrogens (tertiary/aromatic N) is 1. The van der Waals surface area contributed by atoms with E-state index >= 15 is 0 Å². The highest BCUT2D eigenvalue weighted by atomic mass is 79.9. The SMILES string of the molecule is O=C(O)c1cc(Br)cc(N2C(=O)CSCC2=O)c1. The van der Waals surface area contributed by atoms with Crippen LogP contribution in [0.2, 0.25) is 0 Å². The van der Waals surface area contributed by atoms with Crippen molar-refractivity contribution in [1.29, 1.82) is 0 Å². The molecule has 2 rings (SSSR count). The minimum Gasteiger partial charge on any atom is -0.478 e. The number of rotatable bonds is 2. The number of carboxylic acid groups (broad SMARTS) is 1. The Balaban J connectivity index is 2.46. The van der Waals surface area contributed by atoms with Crippen LogP contribution in [0.1, 0.15) is 10.4 Å². The molecular formula is C11H8BrNO4S. The van der Waals surface area contributed by atoms with Crippen molar-refractivity contribution in [3.8, 4) is 0 Å². The van der Waals surface area contributed by atoms with Gasteiger partial charge in [-0.1, -0.05) is 15.9 Å². The summed E-state index contributed by atoms with van der Waals surface area (Å²) in [5.41, 5.74) is 0.315. The van der Waals surface area contributed by atoms with E-state index in [-0.39, 0.29) is 34.6 Å². The van der Waals surface area contributed by atoms with E-state index in [1.54, 1.807) is 6.07 Å². The summed E-state index contributed by atoms with van der Waals surface area (Å²) >= 11 is 4.43. The highest BCUT2D eigenvalue weighted by molar-refractivity contribution is 9.10. The summed E-state index contributed by atoms with van der Waals surface area (Å²) in [5, 5.41) is 8.95. The lowest BCUT2D eigenvalue weighted by Gasteiger charge is -2.24. The smallest absolute Gasteiger partial charge is 0.335 e. The number of aromatic carboxylic acids is 1. The third-order valence-electron chi connectivity index (χ3n) is 2.34. The lowest BCUT2D eigenvalue weighted by Crippen LogP contribution is -2.43. The molecule has 0 spiro atoms. The molecule has 94 valence electrons. The number of carbonyl (C=O) groups excluding carboxylic acids is 2. The van der Waals surface area contributed by atoms with Gasteiger partial charge in [0.15, 0.2) is 0 Å². The maximum Gasteiger partial charge on any atom is 0.335 e. The molecule has 0 bridgehead atoms. The van der Waals surface area contributed by atoms with Crippen molar-refractivity contribution in [2.75, 3.05) is 16.4 Å².